The van der Waals surface area contributed by atoms with Gasteiger partial charge in [0.1, 0.15) is 11.5 Å². The number of guanidine groups is 1. The third-order valence-corrected chi connectivity index (χ3v) is 3.36. The second kappa shape index (κ2) is 10.1. The summed E-state index contributed by atoms with van der Waals surface area (Å²) in [6, 6.07) is 13.6. The van der Waals surface area contributed by atoms with Crippen LogP contribution in [0.2, 0.25) is 0 Å². The van der Waals surface area contributed by atoms with Gasteiger partial charge in [-0.1, -0.05) is 12.1 Å². The molecule has 136 valence electrons. The lowest BCUT2D eigenvalue weighted by Gasteiger charge is -2.11. The zero-order valence-electron chi connectivity index (χ0n) is 15.1. The molecule has 2 aromatic rings. The first-order valence-electron chi connectivity index (χ1n) is 7.95. The molecule has 0 aromatic heterocycles. The Morgan fingerprint density at radius 2 is 1.84 bits per heavy atom. The number of ether oxygens (including phenoxy) is 2. The summed E-state index contributed by atoms with van der Waals surface area (Å²) in [5.41, 5.74) is 8.97. The molecule has 0 unspecified atom stereocenters. The number of nitrogens with zero attached hydrogens (tertiary/aromatic N) is 1. The summed E-state index contributed by atoms with van der Waals surface area (Å²) < 4.78 is 11.0. The van der Waals surface area contributed by atoms with Gasteiger partial charge in [0.2, 0.25) is 0 Å². The van der Waals surface area contributed by atoms with Gasteiger partial charge in [0.25, 0.3) is 0 Å². The number of nitrogens with one attached hydrogen (secondary N) is 1. The standard InChI is InChI=1S/C19H25N3O2.HI/c1-13(2)24-17-9-7-16(8-10-17)22-19(20)21-12-15-6-5-14(3)11-18(15)23-4;/h5-11,13H,12H2,1-4H3,(H3,20,21,22);1H. The summed E-state index contributed by atoms with van der Waals surface area (Å²) >= 11 is 0. The number of halogens is 1. The van der Waals surface area contributed by atoms with Crippen molar-refractivity contribution in [3.63, 3.8) is 0 Å². The van der Waals surface area contributed by atoms with Crippen molar-refractivity contribution in [1.82, 2.24) is 0 Å². The molecule has 6 heteroatoms. The molecule has 0 bridgehead atoms. The van der Waals surface area contributed by atoms with Crippen molar-refractivity contribution in [2.75, 3.05) is 12.4 Å². The molecule has 0 radical (unpaired) electrons. The van der Waals surface area contributed by atoms with Crippen LogP contribution >= 0.6 is 24.0 Å². The minimum absolute atomic E-state index is 0. The van der Waals surface area contributed by atoms with Gasteiger partial charge in [-0.3, -0.25) is 0 Å². The molecule has 0 saturated carbocycles. The van der Waals surface area contributed by atoms with Crippen molar-refractivity contribution in [1.29, 1.82) is 0 Å². The molecule has 0 heterocycles. The monoisotopic (exact) mass is 455 g/mol. The van der Waals surface area contributed by atoms with Gasteiger partial charge in [-0.15, -0.1) is 24.0 Å². The topological polar surface area (TPSA) is 68.9 Å². The third kappa shape index (κ3) is 6.81. The average Bonchev–Trinajstić information content (AvgIpc) is 2.55. The number of aryl methyl sites for hydroxylation is 1. The van der Waals surface area contributed by atoms with Gasteiger partial charge >= 0.3 is 0 Å². The van der Waals surface area contributed by atoms with E-state index in [2.05, 4.69) is 10.3 Å². The molecule has 3 N–H and O–H groups in total. The summed E-state index contributed by atoms with van der Waals surface area (Å²) in [5, 5.41) is 3.07. The molecule has 0 spiro atoms. The van der Waals surface area contributed by atoms with E-state index >= 15 is 0 Å². The normalized spacial score (nSPS) is 11.0. The largest absolute Gasteiger partial charge is 0.496 e. The molecule has 0 atom stereocenters. The first-order chi connectivity index (χ1) is 11.5. The molecule has 0 saturated heterocycles. The van der Waals surface area contributed by atoms with E-state index in [9.17, 15) is 0 Å². The second-order valence-corrected chi connectivity index (χ2v) is 5.83. The highest BCUT2D eigenvalue weighted by Gasteiger charge is 2.03. The number of hydrogen-bond donors (Lipinski definition) is 2. The smallest absolute Gasteiger partial charge is 0.193 e. The highest BCUT2D eigenvalue weighted by atomic mass is 127. The van der Waals surface area contributed by atoms with Crippen molar-refractivity contribution in [3.05, 3.63) is 53.6 Å². The van der Waals surface area contributed by atoms with Gasteiger partial charge in [-0.2, -0.15) is 0 Å². The van der Waals surface area contributed by atoms with Crippen LogP contribution in [-0.2, 0) is 6.54 Å². The Kier molecular flexibility index (Phi) is 8.54. The van der Waals surface area contributed by atoms with Crippen LogP contribution < -0.4 is 20.5 Å². The number of anilines is 1. The molecular formula is C19H26IN3O2. The van der Waals surface area contributed by atoms with Crippen molar-refractivity contribution in [2.45, 2.75) is 33.4 Å². The Morgan fingerprint density at radius 1 is 1.16 bits per heavy atom. The second-order valence-electron chi connectivity index (χ2n) is 5.83. The summed E-state index contributed by atoms with van der Waals surface area (Å²) in [4.78, 5) is 4.37. The highest BCUT2D eigenvalue weighted by molar-refractivity contribution is 14.0. The SMILES string of the molecule is COc1cc(C)ccc1CN=C(N)Nc1ccc(OC(C)C)cc1.I. The van der Waals surface area contributed by atoms with Crippen molar-refractivity contribution < 1.29 is 9.47 Å². The van der Waals surface area contributed by atoms with Crippen LogP contribution in [0.15, 0.2) is 47.5 Å². The number of nitrogens with two attached hydrogens (primary N) is 1. The fourth-order valence-corrected chi connectivity index (χ4v) is 2.23. The van der Waals surface area contributed by atoms with Crippen LogP contribution in [0, 0.1) is 6.92 Å². The summed E-state index contributed by atoms with van der Waals surface area (Å²) in [6.07, 6.45) is 0.153. The molecule has 5 nitrogen and oxygen atoms in total. The number of benzene rings is 2. The molecular weight excluding hydrogens is 429 g/mol. The highest BCUT2D eigenvalue weighted by Crippen LogP contribution is 2.21. The quantitative estimate of drug-likeness (QED) is 0.387. The number of aliphatic imine (C=N–C) groups is 1. The molecule has 0 aliphatic heterocycles. The Bertz CT molecular complexity index is 700. The predicted octanol–water partition coefficient (Wildman–Crippen LogP) is 4.34. The molecule has 0 aliphatic rings. The maximum Gasteiger partial charge on any atom is 0.193 e. The van der Waals surface area contributed by atoms with Crippen LogP contribution in [-0.4, -0.2) is 19.2 Å². The van der Waals surface area contributed by atoms with Crippen LogP contribution in [0.25, 0.3) is 0 Å². The summed E-state index contributed by atoms with van der Waals surface area (Å²) in [5.74, 6) is 2.01. The van der Waals surface area contributed by atoms with Crippen LogP contribution in [0.3, 0.4) is 0 Å². The lowest BCUT2D eigenvalue weighted by Crippen LogP contribution is -2.22. The Labute approximate surface area is 166 Å². The molecule has 0 fully saturated rings. The maximum atomic E-state index is 5.96. The van der Waals surface area contributed by atoms with Crippen molar-refractivity contribution >= 4 is 35.6 Å². The van der Waals surface area contributed by atoms with Gasteiger partial charge < -0.3 is 20.5 Å². The number of hydrogen-bond acceptors (Lipinski definition) is 3. The summed E-state index contributed by atoms with van der Waals surface area (Å²) in [6.45, 7) is 6.47. The Morgan fingerprint density at radius 3 is 2.44 bits per heavy atom. The molecule has 0 aliphatic carbocycles. The number of methoxy groups -OCH3 is 1. The molecule has 2 rings (SSSR count). The maximum absolute atomic E-state index is 5.96. The van der Waals surface area contributed by atoms with Crippen LogP contribution in [0.4, 0.5) is 5.69 Å². The number of rotatable bonds is 6. The van der Waals surface area contributed by atoms with Crippen molar-refractivity contribution in [2.24, 2.45) is 10.7 Å². The van der Waals surface area contributed by atoms with Crippen LogP contribution in [0.1, 0.15) is 25.0 Å². The van der Waals surface area contributed by atoms with E-state index in [1.807, 2.05) is 63.2 Å². The zero-order valence-corrected chi connectivity index (χ0v) is 17.4. The molecule has 0 amide bonds. The van der Waals surface area contributed by atoms with Gasteiger partial charge in [-0.25, -0.2) is 4.99 Å². The minimum atomic E-state index is 0. The first kappa shape index (κ1) is 21.1. The predicted molar refractivity (Wildman–Crippen MR) is 114 cm³/mol. The van der Waals surface area contributed by atoms with E-state index in [1.54, 1.807) is 7.11 Å². The fourth-order valence-electron chi connectivity index (χ4n) is 2.23. The molecule has 2 aromatic carbocycles. The Hall–Kier alpha value is -1.96. The van der Waals surface area contributed by atoms with Gasteiger partial charge in [0.05, 0.1) is 19.8 Å². The zero-order chi connectivity index (χ0) is 17.5. The van der Waals surface area contributed by atoms with E-state index in [4.69, 9.17) is 15.2 Å². The van der Waals surface area contributed by atoms with E-state index < -0.39 is 0 Å². The van der Waals surface area contributed by atoms with E-state index in [0.29, 0.717) is 12.5 Å². The van der Waals surface area contributed by atoms with E-state index in [-0.39, 0.29) is 30.1 Å². The first-order valence-corrected chi connectivity index (χ1v) is 7.95. The third-order valence-electron chi connectivity index (χ3n) is 3.36. The van der Waals surface area contributed by atoms with E-state index in [1.165, 1.54) is 0 Å². The summed E-state index contributed by atoms with van der Waals surface area (Å²) in [7, 11) is 1.66. The van der Waals surface area contributed by atoms with Gasteiger partial charge in [0.15, 0.2) is 5.96 Å². The van der Waals surface area contributed by atoms with Crippen LogP contribution in [0.5, 0.6) is 11.5 Å². The molecule has 25 heavy (non-hydrogen) atoms. The average molecular weight is 455 g/mol. The minimum Gasteiger partial charge on any atom is -0.496 e. The van der Waals surface area contributed by atoms with Gasteiger partial charge in [0, 0.05) is 11.3 Å². The van der Waals surface area contributed by atoms with Gasteiger partial charge in [-0.05, 0) is 56.7 Å². The lowest BCUT2D eigenvalue weighted by atomic mass is 10.1. The Balaban J connectivity index is 0.00000312. The van der Waals surface area contributed by atoms with E-state index in [0.717, 1.165) is 28.3 Å². The van der Waals surface area contributed by atoms with Crippen molar-refractivity contribution in [3.8, 4) is 11.5 Å². The lowest BCUT2D eigenvalue weighted by molar-refractivity contribution is 0.242. The fraction of sp³-hybridized carbons (Fsp3) is 0.316.